The van der Waals surface area contributed by atoms with Gasteiger partial charge in [-0.25, -0.2) is 8.42 Å². The first kappa shape index (κ1) is 15.8. The molecule has 0 aromatic heterocycles. The molecule has 0 aliphatic carbocycles. The predicted molar refractivity (Wildman–Crippen MR) is 84.3 cm³/mol. The normalized spacial score (nSPS) is 17.7. The molecule has 116 valence electrons. The minimum absolute atomic E-state index is 0.290. The van der Waals surface area contributed by atoms with Crippen LogP contribution in [0.1, 0.15) is 12.5 Å². The second-order valence-electron chi connectivity index (χ2n) is 5.62. The third kappa shape index (κ3) is 3.75. The van der Waals surface area contributed by atoms with Crippen molar-refractivity contribution in [3.8, 4) is 0 Å². The second kappa shape index (κ2) is 6.05. The summed E-state index contributed by atoms with van der Waals surface area (Å²) < 4.78 is 23.0. The van der Waals surface area contributed by atoms with Crippen molar-refractivity contribution < 1.29 is 13.2 Å². The molecule has 1 fully saturated rings. The number of hydrogen-bond acceptors (Lipinski definition) is 4. The smallest absolute Gasteiger partial charge is 0.240 e. The minimum atomic E-state index is -3.33. The number of nitrogens with zero attached hydrogens (tertiary/aromatic N) is 2. The van der Waals surface area contributed by atoms with Crippen LogP contribution in [0.25, 0.3) is 0 Å². The van der Waals surface area contributed by atoms with Crippen LogP contribution in [0.15, 0.2) is 24.3 Å². The van der Waals surface area contributed by atoms with Crippen molar-refractivity contribution in [1.82, 2.24) is 4.90 Å². The third-order valence-corrected chi connectivity index (χ3v) is 5.43. The average Bonchev–Trinajstić information content (AvgIpc) is 2.45. The van der Waals surface area contributed by atoms with Crippen molar-refractivity contribution in [2.75, 3.05) is 37.3 Å². The number of carbonyl (C=O) groups excluding carboxylic acids is 1. The Morgan fingerprint density at radius 2 is 1.81 bits per heavy atom. The van der Waals surface area contributed by atoms with Crippen LogP contribution in [0.3, 0.4) is 0 Å². The van der Waals surface area contributed by atoms with Crippen LogP contribution in [0.5, 0.6) is 0 Å². The average molecular weight is 310 g/mol. The van der Waals surface area contributed by atoms with Gasteiger partial charge in [-0.3, -0.25) is 4.79 Å². The maximum absolute atomic E-state index is 12.2. The maximum atomic E-state index is 12.2. The molecule has 1 aliphatic heterocycles. The lowest BCUT2D eigenvalue weighted by Crippen LogP contribution is -2.52. The number of carbonyl (C=O) groups is 1. The lowest BCUT2D eigenvalue weighted by atomic mass is 10.2. The van der Waals surface area contributed by atoms with Crippen LogP contribution in [-0.4, -0.2) is 56.9 Å². The van der Waals surface area contributed by atoms with E-state index in [2.05, 4.69) is 30.0 Å². The Kier molecular flexibility index (Phi) is 4.56. The molecule has 5 nitrogen and oxygen atoms in total. The fourth-order valence-corrected chi connectivity index (χ4v) is 2.97. The van der Waals surface area contributed by atoms with Gasteiger partial charge in [0.15, 0.2) is 9.84 Å². The van der Waals surface area contributed by atoms with Crippen molar-refractivity contribution in [3.63, 3.8) is 0 Å². The van der Waals surface area contributed by atoms with Crippen LogP contribution < -0.4 is 4.90 Å². The molecule has 1 aromatic rings. The maximum Gasteiger partial charge on any atom is 0.240 e. The summed E-state index contributed by atoms with van der Waals surface area (Å²) in [5.41, 5.74) is 2.36. The highest BCUT2D eigenvalue weighted by atomic mass is 32.2. The van der Waals surface area contributed by atoms with Crippen molar-refractivity contribution in [1.29, 1.82) is 0 Å². The molecule has 0 N–H and O–H groups in total. The quantitative estimate of drug-likeness (QED) is 0.838. The molecule has 0 bridgehead atoms. The highest BCUT2D eigenvalue weighted by Crippen LogP contribution is 2.18. The molecule has 1 heterocycles. The van der Waals surface area contributed by atoms with E-state index < -0.39 is 15.1 Å². The summed E-state index contributed by atoms with van der Waals surface area (Å²) >= 11 is 0. The highest BCUT2D eigenvalue weighted by Gasteiger charge is 2.30. The summed E-state index contributed by atoms with van der Waals surface area (Å²) in [5.74, 6) is -0.290. The number of anilines is 1. The zero-order chi connectivity index (χ0) is 15.6. The number of sulfone groups is 1. The monoisotopic (exact) mass is 310 g/mol. The fourth-order valence-electron chi connectivity index (χ4n) is 2.45. The van der Waals surface area contributed by atoms with E-state index in [4.69, 9.17) is 0 Å². The SMILES string of the molecule is Cc1cccc(N2CCN(C(=O)C(C)S(C)(=O)=O)CC2)c1. The van der Waals surface area contributed by atoms with Gasteiger partial charge in [-0.15, -0.1) is 0 Å². The summed E-state index contributed by atoms with van der Waals surface area (Å²) in [6.07, 6.45) is 1.11. The van der Waals surface area contributed by atoms with E-state index in [1.807, 2.05) is 6.07 Å². The number of benzene rings is 1. The molecular formula is C15H22N2O3S. The van der Waals surface area contributed by atoms with Gasteiger partial charge in [0.1, 0.15) is 5.25 Å². The zero-order valence-electron chi connectivity index (χ0n) is 12.7. The van der Waals surface area contributed by atoms with Crippen LogP contribution in [0.2, 0.25) is 0 Å². The van der Waals surface area contributed by atoms with Crippen molar-refractivity contribution >= 4 is 21.4 Å². The van der Waals surface area contributed by atoms with Gasteiger partial charge < -0.3 is 9.80 Å². The topological polar surface area (TPSA) is 57.7 Å². The van der Waals surface area contributed by atoms with E-state index in [9.17, 15) is 13.2 Å². The number of hydrogen-bond donors (Lipinski definition) is 0. The molecule has 1 unspecified atom stereocenters. The first-order valence-corrected chi connectivity index (χ1v) is 9.04. The van der Waals surface area contributed by atoms with Gasteiger partial charge in [0.25, 0.3) is 0 Å². The number of aryl methyl sites for hydroxylation is 1. The standard InChI is InChI=1S/C15H22N2O3S/c1-12-5-4-6-14(11-12)16-7-9-17(10-8-16)15(18)13(2)21(3,19)20/h4-6,11,13H,7-10H2,1-3H3. The number of amides is 1. The van der Waals surface area contributed by atoms with Crippen LogP contribution in [0, 0.1) is 6.92 Å². The van der Waals surface area contributed by atoms with Gasteiger partial charge in [-0.2, -0.15) is 0 Å². The van der Waals surface area contributed by atoms with E-state index in [-0.39, 0.29) is 5.91 Å². The van der Waals surface area contributed by atoms with Gasteiger partial charge in [-0.05, 0) is 31.5 Å². The molecule has 0 radical (unpaired) electrons. The Bertz CT molecular complexity index is 620. The molecule has 1 aromatic carbocycles. The highest BCUT2D eigenvalue weighted by molar-refractivity contribution is 7.92. The van der Waals surface area contributed by atoms with Gasteiger partial charge in [0.2, 0.25) is 5.91 Å². The molecule has 2 rings (SSSR count). The summed E-state index contributed by atoms with van der Waals surface area (Å²) in [6, 6.07) is 8.26. The van der Waals surface area contributed by atoms with Gasteiger partial charge in [-0.1, -0.05) is 12.1 Å². The van der Waals surface area contributed by atoms with E-state index >= 15 is 0 Å². The van der Waals surface area contributed by atoms with E-state index in [0.717, 1.165) is 25.0 Å². The summed E-state index contributed by atoms with van der Waals surface area (Å²) in [7, 11) is -3.33. The first-order valence-electron chi connectivity index (χ1n) is 7.08. The Morgan fingerprint density at radius 3 is 2.33 bits per heavy atom. The zero-order valence-corrected chi connectivity index (χ0v) is 13.6. The van der Waals surface area contributed by atoms with Crippen LogP contribution >= 0.6 is 0 Å². The molecule has 1 atom stereocenters. The molecule has 1 aliphatic rings. The lowest BCUT2D eigenvalue weighted by Gasteiger charge is -2.37. The lowest BCUT2D eigenvalue weighted by molar-refractivity contribution is -0.130. The molecular weight excluding hydrogens is 288 g/mol. The van der Waals surface area contributed by atoms with E-state index in [1.165, 1.54) is 12.5 Å². The Hall–Kier alpha value is -1.56. The molecule has 1 amide bonds. The molecule has 6 heteroatoms. The molecule has 1 saturated heterocycles. The minimum Gasteiger partial charge on any atom is -0.368 e. The first-order chi connectivity index (χ1) is 9.79. The molecule has 21 heavy (non-hydrogen) atoms. The predicted octanol–water partition coefficient (Wildman–Crippen LogP) is 1.08. The number of rotatable bonds is 3. The second-order valence-corrected chi connectivity index (χ2v) is 7.99. The van der Waals surface area contributed by atoms with Crippen LogP contribution in [-0.2, 0) is 14.6 Å². The summed E-state index contributed by atoms with van der Waals surface area (Å²) in [4.78, 5) is 16.0. The van der Waals surface area contributed by atoms with Crippen molar-refractivity contribution in [2.24, 2.45) is 0 Å². The summed E-state index contributed by atoms with van der Waals surface area (Å²) in [6.45, 7) is 6.10. The molecule has 0 saturated carbocycles. The van der Waals surface area contributed by atoms with E-state index in [0.29, 0.717) is 13.1 Å². The van der Waals surface area contributed by atoms with Crippen molar-refractivity contribution in [2.45, 2.75) is 19.1 Å². The van der Waals surface area contributed by atoms with Crippen molar-refractivity contribution in [3.05, 3.63) is 29.8 Å². The van der Waals surface area contributed by atoms with Crippen LogP contribution in [0.4, 0.5) is 5.69 Å². The number of piperazine rings is 1. The Balaban J connectivity index is 1.99. The molecule has 0 spiro atoms. The summed E-state index contributed by atoms with van der Waals surface area (Å²) in [5, 5.41) is -0.956. The largest absolute Gasteiger partial charge is 0.368 e. The third-order valence-electron chi connectivity index (χ3n) is 3.95. The van der Waals surface area contributed by atoms with Gasteiger partial charge in [0, 0.05) is 38.1 Å². The Morgan fingerprint density at radius 1 is 1.19 bits per heavy atom. The van der Waals surface area contributed by atoms with Gasteiger partial charge in [0.05, 0.1) is 0 Å². The Labute approximate surface area is 126 Å². The van der Waals surface area contributed by atoms with E-state index in [1.54, 1.807) is 4.90 Å². The van der Waals surface area contributed by atoms with Gasteiger partial charge >= 0.3 is 0 Å². The fraction of sp³-hybridized carbons (Fsp3) is 0.533.